The van der Waals surface area contributed by atoms with Gasteiger partial charge in [-0.2, -0.15) is 0 Å². The average molecular weight is 168 g/mol. The lowest BCUT2D eigenvalue weighted by Crippen LogP contribution is -2.35. The molecule has 0 radical (unpaired) electrons. The fourth-order valence-electron chi connectivity index (χ4n) is 2.37. The van der Waals surface area contributed by atoms with Crippen molar-refractivity contribution in [2.75, 3.05) is 13.1 Å². The van der Waals surface area contributed by atoms with Crippen molar-refractivity contribution in [3.8, 4) is 0 Å². The van der Waals surface area contributed by atoms with Crippen molar-refractivity contribution in [2.24, 2.45) is 5.16 Å². The highest BCUT2D eigenvalue weighted by Crippen LogP contribution is 2.24. The zero-order chi connectivity index (χ0) is 8.39. The Bertz CT molecular complexity index is 185. The van der Waals surface area contributed by atoms with Crippen molar-refractivity contribution >= 4 is 5.71 Å². The van der Waals surface area contributed by atoms with Gasteiger partial charge in [-0.15, -0.1) is 0 Å². The summed E-state index contributed by atoms with van der Waals surface area (Å²) in [5.41, 5.74) is 1.01. The first-order chi connectivity index (χ1) is 5.92. The van der Waals surface area contributed by atoms with Crippen LogP contribution < -0.4 is 0 Å². The highest BCUT2D eigenvalue weighted by atomic mass is 16.4. The molecule has 1 aliphatic heterocycles. The van der Waals surface area contributed by atoms with Gasteiger partial charge < -0.3 is 5.21 Å². The van der Waals surface area contributed by atoms with Gasteiger partial charge in [0.25, 0.3) is 0 Å². The normalized spacial score (nSPS) is 35.0. The van der Waals surface area contributed by atoms with Gasteiger partial charge in [-0.3, -0.25) is 4.90 Å². The van der Waals surface area contributed by atoms with Crippen LogP contribution in [0.25, 0.3) is 0 Å². The van der Waals surface area contributed by atoms with E-state index in [9.17, 15) is 0 Å². The Kier molecular flexibility index (Phi) is 2.30. The van der Waals surface area contributed by atoms with Gasteiger partial charge in [-0.25, -0.2) is 0 Å². The van der Waals surface area contributed by atoms with Gasteiger partial charge in [0.2, 0.25) is 0 Å². The molecule has 1 unspecified atom stereocenters. The van der Waals surface area contributed by atoms with E-state index in [1.165, 1.54) is 38.8 Å². The topological polar surface area (TPSA) is 35.8 Å². The van der Waals surface area contributed by atoms with Crippen molar-refractivity contribution in [1.29, 1.82) is 0 Å². The van der Waals surface area contributed by atoms with Crippen molar-refractivity contribution in [1.82, 2.24) is 4.90 Å². The summed E-state index contributed by atoms with van der Waals surface area (Å²) in [6.07, 6.45) is 6.02. The molecule has 1 saturated carbocycles. The minimum Gasteiger partial charge on any atom is -0.411 e. The van der Waals surface area contributed by atoms with Crippen LogP contribution in [-0.2, 0) is 0 Å². The Morgan fingerprint density at radius 2 is 2.00 bits per heavy atom. The monoisotopic (exact) mass is 168 g/mol. The molecule has 0 aromatic heterocycles. The standard InChI is InChI=1S/C9H16N2O/c12-10-8-4-3-5-9(8)11-6-1-2-7-11/h9,12H,1-7H2. The molecule has 0 bridgehead atoms. The molecule has 1 aliphatic carbocycles. The maximum Gasteiger partial charge on any atom is 0.0742 e. The Hall–Kier alpha value is -0.570. The van der Waals surface area contributed by atoms with Gasteiger partial charge in [0.1, 0.15) is 0 Å². The first-order valence-electron chi connectivity index (χ1n) is 4.86. The van der Waals surface area contributed by atoms with Gasteiger partial charge in [-0.1, -0.05) is 5.16 Å². The Morgan fingerprint density at radius 3 is 2.67 bits per heavy atom. The van der Waals surface area contributed by atoms with Crippen LogP contribution in [0.4, 0.5) is 0 Å². The summed E-state index contributed by atoms with van der Waals surface area (Å²) in [5, 5.41) is 12.1. The minimum absolute atomic E-state index is 0.470. The van der Waals surface area contributed by atoms with Crippen LogP contribution in [0.1, 0.15) is 32.1 Å². The van der Waals surface area contributed by atoms with Gasteiger partial charge in [-0.05, 0) is 45.2 Å². The predicted molar refractivity (Wildman–Crippen MR) is 47.7 cm³/mol. The van der Waals surface area contributed by atoms with Crippen LogP contribution >= 0.6 is 0 Å². The van der Waals surface area contributed by atoms with Crippen LogP contribution in [0.15, 0.2) is 5.16 Å². The smallest absolute Gasteiger partial charge is 0.0742 e. The molecule has 0 spiro atoms. The fourth-order valence-corrected chi connectivity index (χ4v) is 2.37. The Balaban J connectivity index is 2.01. The number of hydrogen-bond acceptors (Lipinski definition) is 3. The number of likely N-dealkylation sites (tertiary alicyclic amines) is 1. The summed E-state index contributed by atoms with van der Waals surface area (Å²) < 4.78 is 0. The van der Waals surface area contributed by atoms with Crippen LogP contribution in [-0.4, -0.2) is 35.0 Å². The average Bonchev–Trinajstić information content (AvgIpc) is 2.74. The molecule has 1 N–H and O–H groups in total. The second kappa shape index (κ2) is 3.44. The van der Waals surface area contributed by atoms with E-state index in [0.717, 1.165) is 12.1 Å². The first-order valence-corrected chi connectivity index (χ1v) is 4.86. The molecule has 2 fully saturated rings. The SMILES string of the molecule is ON=C1CCCC1N1CCCC1. The van der Waals surface area contributed by atoms with Gasteiger partial charge in [0.15, 0.2) is 0 Å². The molecule has 0 aromatic rings. The van der Waals surface area contributed by atoms with Gasteiger partial charge in [0, 0.05) is 0 Å². The van der Waals surface area contributed by atoms with Gasteiger partial charge >= 0.3 is 0 Å². The van der Waals surface area contributed by atoms with E-state index in [4.69, 9.17) is 5.21 Å². The molecule has 12 heavy (non-hydrogen) atoms. The maximum absolute atomic E-state index is 8.76. The summed E-state index contributed by atoms with van der Waals surface area (Å²) >= 11 is 0. The molecule has 2 rings (SSSR count). The first kappa shape index (κ1) is 8.05. The lowest BCUT2D eigenvalue weighted by atomic mass is 10.2. The largest absolute Gasteiger partial charge is 0.411 e. The quantitative estimate of drug-likeness (QED) is 0.475. The molecule has 1 heterocycles. The second-order valence-corrected chi connectivity index (χ2v) is 3.74. The highest BCUT2D eigenvalue weighted by molar-refractivity contribution is 5.90. The van der Waals surface area contributed by atoms with Crippen LogP contribution in [0.5, 0.6) is 0 Å². The highest BCUT2D eigenvalue weighted by Gasteiger charge is 2.30. The fraction of sp³-hybridized carbons (Fsp3) is 0.889. The van der Waals surface area contributed by atoms with E-state index in [2.05, 4.69) is 10.1 Å². The summed E-state index contributed by atoms with van der Waals surface area (Å²) in [5.74, 6) is 0. The third kappa shape index (κ3) is 1.33. The molecule has 0 amide bonds. The van der Waals surface area contributed by atoms with Crippen molar-refractivity contribution in [3.63, 3.8) is 0 Å². The van der Waals surface area contributed by atoms with Crippen LogP contribution in [0.2, 0.25) is 0 Å². The van der Waals surface area contributed by atoms with Crippen molar-refractivity contribution in [3.05, 3.63) is 0 Å². The van der Waals surface area contributed by atoms with E-state index in [1.807, 2.05) is 0 Å². The molecular weight excluding hydrogens is 152 g/mol. The number of nitrogens with zero attached hydrogens (tertiary/aromatic N) is 2. The molecular formula is C9H16N2O. The third-order valence-corrected chi connectivity index (χ3v) is 3.00. The zero-order valence-corrected chi connectivity index (χ0v) is 7.37. The molecule has 3 nitrogen and oxygen atoms in total. The van der Waals surface area contributed by atoms with E-state index in [-0.39, 0.29) is 0 Å². The molecule has 0 aromatic carbocycles. The molecule has 1 atom stereocenters. The lowest BCUT2D eigenvalue weighted by molar-refractivity contribution is 0.279. The molecule has 2 aliphatic rings. The van der Waals surface area contributed by atoms with E-state index in [0.29, 0.717) is 6.04 Å². The van der Waals surface area contributed by atoms with E-state index >= 15 is 0 Å². The van der Waals surface area contributed by atoms with Crippen molar-refractivity contribution in [2.45, 2.75) is 38.1 Å². The van der Waals surface area contributed by atoms with E-state index in [1.54, 1.807) is 0 Å². The van der Waals surface area contributed by atoms with Crippen LogP contribution in [0.3, 0.4) is 0 Å². The molecule has 1 saturated heterocycles. The minimum atomic E-state index is 0.470. The van der Waals surface area contributed by atoms with Gasteiger partial charge in [0.05, 0.1) is 11.8 Å². The molecule has 68 valence electrons. The maximum atomic E-state index is 8.76. The summed E-state index contributed by atoms with van der Waals surface area (Å²) in [6.45, 7) is 2.40. The molecule has 3 heteroatoms. The summed E-state index contributed by atoms with van der Waals surface area (Å²) in [6, 6.07) is 0.470. The number of oxime groups is 1. The predicted octanol–water partition coefficient (Wildman–Crippen LogP) is 1.46. The Labute approximate surface area is 73.1 Å². The van der Waals surface area contributed by atoms with E-state index < -0.39 is 0 Å². The van der Waals surface area contributed by atoms with Crippen molar-refractivity contribution < 1.29 is 5.21 Å². The number of hydrogen-bond donors (Lipinski definition) is 1. The number of rotatable bonds is 1. The Morgan fingerprint density at radius 1 is 1.25 bits per heavy atom. The third-order valence-electron chi connectivity index (χ3n) is 3.00. The van der Waals surface area contributed by atoms with Crippen LogP contribution in [0, 0.1) is 0 Å². The summed E-state index contributed by atoms with van der Waals surface area (Å²) in [4.78, 5) is 2.46. The second-order valence-electron chi connectivity index (χ2n) is 3.74. The zero-order valence-electron chi connectivity index (χ0n) is 7.37. The lowest BCUT2D eigenvalue weighted by Gasteiger charge is -2.22. The summed E-state index contributed by atoms with van der Waals surface area (Å²) in [7, 11) is 0.